The number of nitrogen functional groups attached to an aromatic ring is 1. The molecule has 2 rings (SSSR count). The summed E-state index contributed by atoms with van der Waals surface area (Å²) in [6, 6.07) is 9.80. The van der Waals surface area contributed by atoms with Gasteiger partial charge in [0.15, 0.2) is 0 Å². The lowest BCUT2D eigenvalue weighted by Gasteiger charge is -2.15. The average Bonchev–Trinajstić information content (AvgIpc) is 2.90. The van der Waals surface area contributed by atoms with Gasteiger partial charge in [-0.1, -0.05) is 11.6 Å². The lowest BCUT2D eigenvalue weighted by Crippen LogP contribution is -2.24. The van der Waals surface area contributed by atoms with Crippen molar-refractivity contribution >= 4 is 28.9 Å². The molecule has 1 heterocycles. The molecule has 3 N–H and O–H groups in total. The third kappa shape index (κ3) is 2.76. The Balaban J connectivity index is 2.16. The van der Waals surface area contributed by atoms with Crippen molar-refractivity contribution in [3.05, 3.63) is 47.2 Å². The van der Waals surface area contributed by atoms with Gasteiger partial charge in [-0.25, -0.2) is 0 Å². The van der Waals surface area contributed by atoms with Crippen molar-refractivity contribution < 1.29 is 4.79 Å². The molecule has 0 bridgehead atoms. The summed E-state index contributed by atoms with van der Waals surface area (Å²) in [5.41, 5.74) is 7.08. The third-order valence-corrected chi connectivity index (χ3v) is 3.30. The summed E-state index contributed by atoms with van der Waals surface area (Å²) in [4.78, 5) is 12.2. The summed E-state index contributed by atoms with van der Waals surface area (Å²) in [6.07, 6.45) is 1.69. The topological polar surface area (TPSA) is 83.8 Å². The number of rotatable bonds is 3. The van der Waals surface area contributed by atoms with Crippen molar-refractivity contribution in [2.45, 2.75) is 13.0 Å². The van der Waals surface area contributed by atoms with E-state index in [1.165, 1.54) is 0 Å². The van der Waals surface area contributed by atoms with Crippen LogP contribution in [0.3, 0.4) is 0 Å². The van der Waals surface area contributed by atoms with Crippen molar-refractivity contribution in [1.82, 2.24) is 4.57 Å². The second-order valence-electron chi connectivity index (χ2n) is 4.31. The molecular formula is C14H13ClN4O. The fourth-order valence-corrected chi connectivity index (χ4v) is 1.94. The fourth-order valence-electron chi connectivity index (χ4n) is 1.82. The van der Waals surface area contributed by atoms with Crippen LogP contribution in [0.25, 0.3) is 0 Å². The summed E-state index contributed by atoms with van der Waals surface area (Å²) in [6.45, 7) is 1.72. The highest BCUT2D eigenvalue weighted by Gasteiger charge is 2.17. The molecular weight excluding hydrogens is 276 g/mol. The van der Waals surface area contributed by atoms with Crippen molar-refractivity contribution in [1.29, 1.82) is 5.26 Å². The van der Waals surface area contributed by atoms with Gasteiger partial charge in [0.05, 0.1) is 10.7 Å². The number of amides is 1. The molecule has 1 aromatic carbocycles. The SMILES string of the molecule is CC(C(=O)Nc1ccc(Cl)c(N)c1)n1cccc1C#N. The lowest BCUT2D eigenvalue weighted by atomic mass is 10.2. The first-order chi connectivity index (χ1) is 9.52. The number of hydrogen-bond donors (Lipinski definition) is 2. The molecule has 0 aliphatic carbocycles. The van der Waals surface area contributed by atoms with Crippen LogP contribution in [0, 0.1) is 11.3 Å². The van der Waals surface area contributed by atoms with Gasteiger partial charge in [-0.05, 0) is 37.3 Å². The van der Waals surface area contributed by atoms with E-state index in [-0.39, 0.29) is 5.91 Å². The van der Waals surface area contributed by atoms with Gasteiger partial charge in [0.25, 0.3) is 0 Å². The van der Waals surface area contributed by atoms with Gasteiger partial charge in [-0.3, -0.25) is 4.79 Å². The zero-order valence-corrected chi connectivity index (χ0v) is 11.6. The number of nitrogens with one attached hydrogen (secondary N) is 1. The van der Waals surface area contributed by atoms with Gasteiger partial charge >= 0.3 is 0 Å². The maximum Gasteiger partial charge on any atom is 0.247 e. The van der Waals surface area contributed by atoms with E-state index in [1.807, 2.05) is 6.07 Å². The molecule has 6 heteroatoms. The summed E-state index contributed by atoms with van der Waals surface area (Å²) < 4.78 is 1.61. The molecule has 0 radical (unpaired) electrons. The van der Waals surface area contributed by atoms with Crippen LogP contribution >= 0.6 is 11.6 Å². The number of hydrogen-bond acceptors (Lipinski definition) is 3. The number of anilines is 2. The smallest absolute Gasteiger partial charge is 0.247 e. The second kappa shape index (κ2) is 5.68. The highest BCUT2D eigenvalue weighted by atomic mass is 35.5. The zero-order valence-electron chi connectivity index (χ0n) is 10.8. The number of halogens is 1. The highest BCUT2D eigenvalue weighted by Crippen LogP contribution is 2.23. The molecule has 0 aliphatic rings. The predicted molar refractivity (Wildman–Crippen MR) is 78.4 cm³/mol. The van der Waals surface area contributed by atoms with E-state index in [0.717, 1.165) is 0 Å². The molecule has 20 heavy (non-hydrogen) atoms. The summed E-state index contributed by atoms with van der Waals surface area (Å²) in [5, 5.41) is 12.1. The van der Waals surface area contributed by atoms with Gasteiger partial charge in [-0.2, -0.15) is 5.26 Å². The zero-order chi connectivity index (χ0) is 14.7. The quantitative estimate of drug-likeness (QED) is 0.852. The highest BCUT2D eigenvalue weighted by molar-refractivity contribution is 6.33. The maximum absolute atomic E-state index is 12.2. The lowest BCUT2D eigenvalue weighted by molar-refractivity contribution is -0.118. The van der Waals surface area contributed by atoms with Crippen molar-refractivity contribution in [3.63, 3.8) is 0 Å². The Morgan fingerprint density at radius 1 is 1.50 bits per heavy atom. The molecule has 102 valence electrons. The minimum Gasteiger partial charge on any atom is -0.397 e. The van der Waals surface area contributed by atoms with E-state index in [0.29, 0.717) is 22.1 Å². The van der Waals surface area contributed by atoms with Crippen LogP contribution in [0.4, 0.5) is 11.4 Å². The van der Waals surface area contributed by atoms with Gasteiger partial charge < -0.3 is 15.6 Å². The van der Waals surface area contributed by atoms with Crippen LogP contribution in [0.1, 0.15) is 18.7 Å². The standard InChI is InChI=1S/C14H13ClN4O/c1-9(19-6-2-3-11(19)8-16)14(20)18-10-4-5-12(15)13(17)7-10/h2-7,9H,17H2,1H3,(H,18,20). The van der Waals surface area contributed by atoms with Gasteiger partial charge in [0.1, 0.15) is 17.8 Å². The number of nitrogens with zero attached hydrogens (tertiary/aromatic N) is 2. The van der Waals surface area contributed by atoms with Gasteiger partial charge in [-0.15, -0.1) is 0 Å². The van der Waals surface area contributed by atoms with Crippen LogP contribution in [-0.2, 0) is 4.79 Å². The minimum atomic E-state index is -0.503. The van der Waals surface area contributed by atoms with Crippen molar-refractivity contribution in [2.24, 2.45) is 0 Å². The van der Waals surface area contributed by atoms with Gasteiger partial charge in [0.2, 0.25) is 5.91 Å². The Kier molecular flexibility index (Phi) is 3.97. The number of carbonyl (C=O) groups is 1. The third-order valence-electron chi connectivity index (χ3n) is 2.95. The first kappa shape index (κ1) is 14.0. The largest absolute Gasteiger partial charge is 0.397 e. The maximum atomic E-state index is 12.2. The van der Waals surface area contributed by atoms with E-state index >= 15 is 0 Å². The molecule has 1 unspecified atom stereocenters. The summed E-state index contributed by atoms with van der Waals surface area (Å²) in [7, 11) is 0. The minimum absolute atomic E-state index is 0.237. The number of nitrogens with two attached hydrogens (primary N) is 1. The van der Waals surface area contributed by atoms with Crippen molar-refractivity contribution in [3.8, 4) is 6.07 Å². The molecule has 5 nitrogen and oxygen atoms in total. The number of aromatic nitrogens is 1. The van der Waals surface area contributed by atoms with Crippen LogP contribution in [-0.4, -0.2) is 10.5 Å². The molecule has 0 spiro atoms. The number of carbonyl (C=O) groups excluding carboxylic acids is 1. The molecule has 1 aromatic heterocycles. The molecule has 0 saturated carbocycles. The van der Waals surface area contributed by atoms with E-state index in [4.69, 9.17) is 22.6 Å². The molecule has 0 saturated heterocycles. The van der Waals surface area contributed by atoms with Gasteiger partial charge in [0, 0.05) is 11.9 Å². The van der Waals surface area contributed by atoms with E-state index in [9.17, 15) is 4.79 Å². The molecule has 1 atom stereocenters. The number of benzene rings is 1. The first-order valence-electron chi connectivity index (χ1n) is 5.95. The fraction of sp³-hybridized carbons (Fsp3) is 0.143. The van der Waals surface area contributed by atoms with E-state index < -0.39 is 6.04 Å². The van der Waals surface area contributed by atoms with E-state index in [2.05, 4.69) is 5.32 Å². The second-order valence-corrected chi connectivity index (χ2v) is 4.72. The Morgan fingerprint density at radius 3 is 2.90 bits per heavy atom. The number of nitriles is 1. The predicted octanol–water partition coefficient (Wildman–Crippen LogP) is 2.80. The first-order valence-corrected chi connectivity index (χ1v) is 6.33. The normalized spacial score (nSPS) is 11.7. The van der Waals surface area contributed by atoms with Crippen molar-refractivity contribution in [2.75, 3.05) is 11.1 Å². The van der Waals surface area contributed by atoms with Crippen LogP contribution in [0.15, 0.2) is 36.5 Å². The average molecular weight is 289 g/mol. The molecule has 1 amide bonds. The summed E-state index contributed by atoms with van der Waals surface area (Å²) in [5.74, 6) is -0.237. The Morgan fingerprint density at radius 2 is 2.25 bits per heavy atom. The Hall–Kier alpha value is -2.45. The Bertz CT molecular complexity index is 687. The van der Waals surface area contributed by atoms with Crippen LogP contribution in [0.2, 0.25) is 5.02 Å². The molecule has 0 aliphatic heterocycles. The monoisotopic (exact) mass is 288 g/mol. The Labute approximate surface area is 121 Å². The molecule has 0 fully saturated rings. The van der Waals surface area contributed by atoms with E-state index in [1.54, 1.807) is 48.0 Å². The summed E-state index contributed by atoms with van der Waals surface area (Å²) >= 11 is 5.82. The van der Waals surface area contributed by atoms with Crippen LogP contribution in [0.5, 0.6) is 0 Å². The van der Waals surface area contributed by atoms with Crippen LogP contribution < -0.4 is 11.1 Å². The molecule has 2 aromatic rings.